The molecule has 3 nitrogen and oxygen atoms in total. The first-order valence-corrected chi connectivity index (χ1v) is 8.12. The number of amides is 1. The summed E-state index contributed by atoms with van der Waals surface area (Å²) >= 11 is 3.11. The summed E-state index contributed by atoms with van der Waals surface area (Å²) in [6.07, 6.45) is 1.00. The summed E-state index contributed by atoms with van der Waals surface area (Å²) in [6, 6.07) is 2.03. The Hall–Kier alpha value is -1.20. The highest BCUT2D eigenvalue weighted by Gasteiger charge is 2.16. The van der Waals surface area contributed by atoms with E-state index in [2.05, 4.69) is 29.5 Å². The number of thiophene rings is 1. The minimum atomic E-state index is -0.00266. The summed E-state index contributed by atoms with van der Waals surface area (Å²) in [5, 5.41) is 7.96. The zero-order valence-electron chi connectivity index (χ0n) is 11.4. The normalized spacial score (nSPS) is 10.9. The molecule has 0 aliphatic carbocycles. The van der Waals surface area contributed by atoms with Crippen LogP contribution in [-0.2, 0) is 0 Å². The maximum Gasteiger partial charge on any atom is 0.263 e. The fraction of sp³-hybridized carbons (Fsp3) is 0.429. The van der Waals surface area contributed by atoms with Crippen molar-refractivity contribution in [3.8, 4) is 10.6 Å². The standard InChI is InChI=1S/C14H18N2OS2/c1-9(2)4-6-15-13(17)12-10(3)16-14(19-12)11-5-7-18-8-11/h5,7-9H,4,6H2,1-3H3,(H,15,17). The van der Waals surface area contributed by atoms with Crippen LogP contribution in [-0.4, -0.2) is 17.4 Å². The number of carbonyl (C=O) groups is 1. The predicted octanol–water partition coefficient (Wildman–Crippen LogP) is 3.96. The summed E-state index contributed by atoms with van der Waals surface area (Å²) in [5.41, 5.74) is 1.91. The van der Waals surface area contributed by atoms with Crippen LogP contribution in [0.15, 0.2) is 16.8 Å². The molecule has 2 aromatic heterocycles. The lowest BCUT2D eigenvalue weighted by molar-refractivity contribution is 0.0955. The second-order valence-electron chi connectivity index (χ2n) is 4.88. The lowest BCUT2D eigenvalue weighted by atomic mass is 10.1. The average molecular weight is 294 g/mol. The molecule has 0 spiro atoms. The Balaban J connectivity index is 2.06. The van der Waals surface area contributed by atoms with Gasteiger partial charge in [0.05, 0.1) is 5.69 Å². The van der Waals surface area contributed by atoms with E-state index in [0.717, 1.165) is 34.1 Å². The van der Waals surface area contributed by atoms with E-state index >= 15 is 0 Å². The van der Waals surface area contributed by atoms with Crippen LogP contribution in [0, 0.1) is 12.8 Å². The molecule has 102 valence electrons. The third-order valence-corrected chi connectivity index (χ3v) is 4.67. The van der Waals surface area contributed by atoms with Crippen molar-refractivity contribution in [2.75, 3.05) is 6.54 Å². The minimum absolute atomic E-state index is 0.00266. The summed E-state index contributed by atoms with van der Waals surface area (Å²) in [7, 11) is 0. The predicted molar refractivity (Wildman–Crippen MR) is 82.0 cm³/mol. The van der Waals surface area contributed by atoms with Crippen LogP contribution >= 0.6 is 22.7 Å². The molecular formula is C14H18N2OS2. The zero-order valence-corrected chi connectivity index (χ0v) is 13.0. The third kappa shape index (κ3) is 3.64. The van der Waals surface area contributed by atoms with Gasteiger partial charge in [-0.15, -0.1) is 11.3 Å². The van der Waals surface area contributed by atoms with Crippen molar-refractivity contribution in [3.05, 3.63) is 27.4 Å². The van der Waals surface area contributed by atoms with E-state index in [4.69, 9.17) is 0 Å². The number of aryl methyl sites for hydroxylation is 1. The van der Waals surface area contributed by atoms with Gasteiger partial charge < -0.3 is 5.32 Å². The number of carbonyl (C=O) groups excluding carboxylic acids is 1. The molecule has 2 aromatic rings. The average Bonchev–Trinajstić information content (AvgIpc) is 2.96. The Bertz CT molecular complexity index is 544. The van der Waals surface area contributed by atoms with Gasteiger partial charge in [-0.05, 0) is 30.7 Å². The third-order valence-electron chi connectivity index (χ3n) is 2.78. The van der Waals surface area contributed by atoms with Crippen LogP contribution in [0.3, 0.4) is 0 Å². The second kappa shape index (κ2) is 6.30. The van der Waals surface area contributed by atoms with Crippen molar-refractivity contribution in [2.45, 2.75) is 27.2 Å². The maximum absolute atomic E-state index is 12.1. The Labute approximate surface area is 121 Å². The summed E-state index contributed by atoms with van der Waals surface area (Å²) in [6.45, 7) is 6.92. The molecule has 5 heteroatoms. The lowest BCUT2D eigenvalue weighted by Gasteiger charge is -2.05. The first-order valence-electron chi connectivity index (χ1n) is 6.36. The van der Waals surface area contributed by atoms with Crippen LogP contribution in [0.4, 0.5) is 0 Å². The van der Waals surface area contributed by atoms with E-state index < -0.39 is 0 Å². The van der Waals surface area contributed by atoms with Gasteiger partial charge in [0.1, 0.15) is 9.88 Å². The summed E-state index contributed by atoms with van der Waals surface area (Å²) in [4.78, 5) is 17.3. The van der Waals surface area contributed by atoms with E-state index in [1.165, 1.54) is 11.3 Å². The van der Waals surface area contributed by atoms with Gasteiger partial charge >= 0.3 is 0 Å². The molecule has 0 unspecified atom stereocenters. The molecule has 0 aliphatic heterocycles. The quantitative estimate of drug-likeness (QED) is 0.907. The Kier molecular flexibility index (Phi) is 4.71. The van der Waals surface area contributed by atoms with Crippen molar-refractivity contribution in [2.24, 2.45) is 5.92 Å². The van der Waals surface area contributed by atoms with E-state index in [-0.39, 0.29) is 5.91 Å². The molecule has 2 heterocycles. The van der Waals surface area contributed by atoms with Crippen LogP contribution in [0.5, 0.6) is 0 Å². The summed E-state index contributed by atoms with van der Waals surface area (Å²) in [5.74, 6) is 0.598. The molecule has 0 atom stereocenters. The molecule has 1 N–H and O–H groups in total. The van der Waals surface area contributed by atoms with Crippen LogP contribution in [0.2, 0.25) is 0 Å². The topological polar surface area (TPSA) is 42.0 Å². The van der Waals surface area contributed by atoms with Crippen molar-refractivity contribution >= 4 is 28.6 Å². The van der Waals surface area contributed by atoms with Crippen molar-refractivity contribution in [3.63, 3.8) is 0 Å². The largest absolute Gasteiger partial charge is 0.351 e. The van der Waals surface area contributed by atoms with Gasteiger partial charge in [-0.2, -0.15) is 11.3 Å². The fourth-order valence-electron chi connectivity index (χ4n) is 1.67. The second-order valence-corrected chi connectivity index (χ2v) is 6.66. The summed E-state index contributed by atoms with van der Waals surface area (Å²) < 4.78 is 0. The van der Waals surface area contributed by atoms with Crippen molar-refractivity contribution in [1.82, 2.24) is 10.3 Å². The number of aromatic nitrogens is 1. The van der Waals surface area contributed by atoms with E-state index in [9.17, 15) is 4.79 Å². The monoisotopic (exact) mass is 294 g/mol. The molecule has 0 fully saturated rings. The maximum atomic E-state index is 12.1. The van der Waals surface area contributed by atoms with E-state index in [1.807, 2.05) is 18.4 Å². The molecule has 2 rings (SSSR count). The number of nitrogens with zero attached hydrogens (tertiary/aromatic N) is 1. The van der Waals surface area contributed by atoms with Gasteiger partial charge in [-0.1, -0.05) is 13.8 Å². The molecule has 0 bridgehead atoms. The van der Waals surface area contributed by atoms with Crippen LogP contribution < -0.4 is 5.32 Å². The molecular weight excluding hydrogens is 276 g/mol. The number of nitrogens with one attached hydrogen (secondary N) is 1. The first kappa shape index (κ1) is 14.2. The van der Waals surface area contributed by atoms with E-state index in [1.54, 1.807) is 11.3 Å². The molecule has 19 heavy (non-hydrogen) atoms. The van der Waals surface area contributed by atoms with Gasteiger partial charge in [0, 0.05) is 17.5 Å². The van der Waals surface area contributed by atoms with Gasteiger partial charge in [0.2, 0.25) is 0 Å². The van der Waals surface area contributed by atoms with Crippen LogP contribution in [0.25, 0.3) is 10.6 Å². The van der Waals surface area contributed by atoms with Gasteiger partial charge in [0.25, 0.3) is 5.91 Å². The SMILES string of the molecule is Cc1nc(-c2ccsc2)sc1C(=O)NCCC(C)C. The minimum Gasteiger partial charge on any atom is -0.351 e. The highest BCUT2D eigenvalue weighted by atomic mass is 32.1. The Morgan fingerprint density at radius 1 is 1.47 bits per heavy atom. The molecule has 1 amide bonds. The number of hydrogen-bond acceptors (Lipinski definition) is 4. The number of hydrogen-bond donors (Lipinski definition) is 1. The Morgan fingerprint density at radius 3 is 2.89 bits per heavy atom. The lowest BCUT2D eigenvalue weighted by Crippen LogP contribution is -2.25. The smallest absolute Gasteiger partial charge is 0.263 e. The highest BCUT2D eigenvalue weighted by molar-refractivity contribution is 7.17. The molecule has 0 aromatic carbocycles. The van der Waals surface area contributed by atoms with Gasteiger partial charge in [0.15, 0.2) is 0 Å². The number of thiazole rings is 1. The first-order chi connectivity index (χ1) is 9.08. The molecule has 0 aliphatic rings. The van der Waals surface area contributed by atoms with E-state index in [0.29, 0.717) is 5.92 Å². The Morgan fingerprint density at radius 2 is 2.26 bits per heavy atom. The molecule has 0 saturated heterocycles. The van der Waals surface area contributed by atoms with Crippen molar-refractivity contribution < 1.29 is 4.79 Å². The molecule has 0 saturated carbocycles. The molecule has 0 radical (unpaired) electrons. The fourth-order valence-corrected chi connectivity index (χ4v) is 3.37. The van der Waals surface area contributed by atoms with Gasteiger partial charge in [-0.3, -0.25) is 4.79 Å². The van der Waals surface area contributed by atoms with Gasteiger partial charge in [-0.25, -0.2) is 4.98 Å². The zero-order chi connectivity index (χ0) is 13.8. The number of rotatable bonds is 5. The van der Waals surface area contributed by atoms with Crippen molar-refractivity contribution in [1.29, 1.82) is 0 Å². The van der Waals surface area contributed by atoms with Crippen LogP contribution in [0.1, 0.15) is 35.6 Å². The highest BCUT2D eigenvalue weighted by Crippen LogP contribution is 2.29.